The zero-order valence-corrected chi connectivity index (χ0v) is 17.3. The van der Waals surface area contributed by atoms with E-state index in [1.54, 1.807) is 11.8 Å². The van der Waals surface area contributed by atoms with E-state index in [9.17, 15) is 4.79 Å². The molecule has 1 heterocycles. The van der Waals surface area contributed by atoms with Crippen LogP contribution in [0.3, 0.4) is 0 Å². The Morgan fingerprint density at radius 3 is 2.44 bits per heavy atom. The average Bonchev–Trinajstić information content (AvgIpc) is 3.06. The number of anilines is 3. The Labute approximate surface area is 165 Å². The van der Waals surface area contributed by atoms with Crippen molar-refractivity contribution >= 4 is 33.8 Å². The van der Waals surface area contributed by atoms with Gasteiger partial charge in [-0.1, -0.05) is 29.8 Å². The van der Waals surface area contributed by atoms with Crippen LogP contribution in [0.5, 0.6) is 0 Å². The van der Waals surface area contributed by atoms with Gasteiger partial charge in [0.05, 0.1) is 17.9 Å². The normalized spacial score (nSPS) is 10.7. The molecule has 27 heavy (non-hydrogen) atoms. The summed E-state index contributed by atoms with van der Waals surface area (Å²) < 4.78 is 0. The van der Waals surface area contributed by atoms with Gasteiger partial charge in [-0.15, -0.1) is 11.3 Å². The molecule has 0 spiro atoms. The van der Waals surface area contributed by atoms with Crippen molar-refractivity contribution in [1.29, 1.82) is 0 Å². The number of carbonyl (C=O) groups is 1. The summed E-state index contributed by atoms with van der Waals surface area (Å²) in [5, 5.41) is 2.73. The van der Waals surface area contributed by atoms with Crippen molar-refractivity contribution in [2.75, 3.05) is 16.8 Å². The van der Waals surface area contributed by atoms with Crippen molar-refractivity contribution < 1.29 is 4.79 Å². The summed E-state index contributed by atoms with van der Waals surface area (Å²) in [6, 6.07) is 14.3. The molecule has 0 atom stereocenters. The fourth-order valence-corrected chi connectivity index (χ4v) is 3.95. The summed E-state index contributed by atoms with van der Waals surface area (Å²) in [6.07, 6.45) is 0. The molecule has 0 radical (unpaired) electrons. The first-order valence-corrected chi connectivity index (χ1v) is 9.84. The molecule has 0 aliphatic carbocycles. The number of amides is 1. The van der Waals surface area contributed by atoms with Gasteiger partial charge < -0.3 is 4.90 Å². The molecule has 0 aliphatic rings. The number of benzene rings is 2. The number of aromatic nitrogens is 1. The molecule has 4 nitrogen and oxygen atoms in total. The fourth-order valence-electron chi connectivity index (χ4n) is 3.07. The van der Waals surface area contributed by atoms with Crippen LogP contribution in [0.2, 0.25) is 0 Å². The Bertz CT molecular complexity index is 946. The van der Waals surface area contributed by atoms with E-state index in [0.29, 0.717) is 11.7 Å². The molecular weight excluding hydrogens is 354 g/mol. The predicted molar refractivity (Wildman–Crippen MR) is 114 cm³/mol. The molecule has 0 unspecified atom stereocenters. The highest BCUT2D eigenvalue weighted by atomic mass is 32.1. The van der Waals surface area contributed by atoms with Gasteiger partial charge in [0.1, 0.15) is 0 Å². The lowest BCUT2D eigenvalue weighted by Gasteiger charge is -2.21. The molecule has 3 aromatic rings. The Morgan fingerprint density at radius 2 is 1.78 bits per heavy atom. The van der Waals surface area contributed by atoms with Gasteiger partial charge in [0.2, 0.25) is 5.91 Å². The number of hydrogen-bond acceptors (Lipinski definition) is 4. The van der Waals surface area contributed by atoms with Crippen LogP contribution in [-0.4, -0.2) is 17.9 Å². The summed E-state index contributed by atoms with van der Waals surface area (Å²) in [4.78, 5) is 20.8. The van der Waals surface area contributed by atoms with Gasteiger partial charge in [-0.05, 0) is 50.1 Å². The number of aryl methyl sites for hydroxylation is 2. The van der Waals surface area contributed by atoms with Crippen LogP contribution in [0.1, 0.15) is 29.3 Å². The molecule has 140 valence electrons. The van der Waals surface area contributed by atoms with Gasteiger partial charge in [-0.25, -0.2) is 4.98 Å². The van der Waals surface area contributed by atoms with Crippen LogP contribution in [0.15, 0.2) is 47.8 Å². The lowest BCUT2D eigenvalue weighted by atomic mass is 10.1. The maximum Gasteiger partial charge on any atom is 0.230 e. The SMILES string of the molecule is CC(=O)N(c1ccc(C)cc1)c1nc(CN(C)c2cccc(C)c2C)cs1. The van der Waals surface area contributed by atoms with E-state index in [0.717, 1.165) is 16.9 Å². The second-order valence-electron chi connectivity index (χ2n) is 6.89. The van der Waals surface area contributed by atoms with Crippen molar-refractivity contribution in [1.82, 2.24) is 4.98 Å². The zero-order valence-electron chi connectivity index (χ0n) is 16.5. The van der Waals surface area contributed by atoms with Crippen molar-refractivity contribution in [3.8, 4) is 0 Å². The monoisotopic (exact) mass is 379 g/mol. The van der Waals surface area contributed by atoms with Crippen LogP contribution in [0.4, 0.5) is 16.5 Å². The second kappa shape index (κ2) is 7.92. The first kappa shape index (κ1) is 19.1. The quantitative estimate of drug-likeness (QED) is 0.596. The van der Waals surface area contributed by atoms with Crippen LogP contribution >= 0.6 is 11.3 Å². The van der Waals surface area contributed by atoms with E-state index in [-0.39, 0.29) is 5.91 Å². The van der Waals surface area contributed by atoms with Crippen LogP contribution in [0, 0.1) is 20.8 Å². The molecule has 0 N–H and O–H groups in total. The first-order chi connectivity index (χ1) is 12.9. The molecule has 0 saturated heterocycles. The molecular formula is C22H25N3OS. The number of nitrogens with zero attached hydrogens (tertiary/aromatic N) is 3. The molecule has 0 saturated carbocycles. The highest BCUT2D eigenvalue weighted by Gasteiger charge is 2.18. The van der Waals surface area contributed by atoms with Gasteiger partial charge in [-0.2, -0.15) is 0 Å². The van der Waals surface area contributed by atoms with E-state index < -0.39 is 0 Å². The maximum atomic E-state index is 12.2. The molecule has 0 aliphatic heterocycles. The third-order valence-electron chi connectivity index (χ3n) is 4.72. The van der Waals surface area contributed by atoms with Crippen LogP contribution in [-0.2, 0) is 11.3 Å². The Morgan fingerprint density at radius 1 is 1.07 bits per heavy atom. The maximum absolute atomic E-state index is 12.2. The minimum atomic E-state index is -0.0392. The summed E-state index contributed by atoms with van der Waals surface area (Å²) in [6.45, 7) is 8.57. The molecule has 2 aromatic carbocycles. The number of rotatable bonds is 5. The number of thiazole rings is 1. The van der Waals surface area contributed by atoms with E-state index in [1.165, 1.54) is 28.2 Å². The predicted octanol–water partition coefficient (Wildman–Crippen LogP) is 5.39. The fraction of sp³-hybridized carbons (Fsp3) is 0.273. The summed E-state index contributed by atoms with van der Waals surface area (Å²) in [5.41, 5.74) is 6.72. The molecule has 1 amide bonds. The average molecular weight is 380 g/mol. The highest BCUT2D eigenvalue weighted by molar-refractivity contribution is 7.14. The molecule has 1 aromatic heterocycles. The van der Waals surface area contributed by atoms with Crippen molar-refractivity contribution in [3.63, 3.8) is 0 Å². The molecule has 3 rings (SSSR count). The van der Waals surface area contributed by atoms with Gasteiger partial charge in [0, 0.05) is 25.0 Å². The third-order valence-corrected chi connectivity index (χ3v) is 5.60. The summed E-state index contributed by atoms with van der Waals surface area (Å²) in [7, 11) is 2.07. The molecule has 0 fully saturated rings. The van der Waals surface area contributed by atoms with Crippen LogP contribution < -0.4 is 9.80 Å². The highest BCUT2D eigenvalue weighted by Crippen LogP contribution is 2.30. The van der Waals surface area contributed by atoms with E-state index in [4.69, 9.17) is 4.98 Å². The van der Waals surface area contributed by atoms with E-state index >= 15 is 0 Å². The minimum absolute atomic E-state index is 0.0392. The number of hydrogen-bond donors (Lipinski definition) is 0. The van der Waals surface area contributed by atoms with Crippen molar-refractivity contribution in [2.45, 2.75) is 34.2 Å². The van der Waals surface area contributed by atoms with Gasteiger partial charge in [0.25, 0.3) is 0 Å². The largest absolute Gasteiger partial charge is 0.368 e. The topological polar surface area (TPSA) is 36.4 Å². The summed E-state index contributed by atoms with van der Waals surface area (Å²) in [5.74, 6) is -0.0392. The van der Waals surface area contributed by atoms with Gasteiger partial charge >= 0.3 is 0 Å². The first-order valence-electron chi connectivity index (χ1n) is 8.96. The summed E-state index contributed by atoms with van der Waals surface area (Å²) >= 11 is 1.50. The van der Waals surface area contributed by atoms with Crippen molar-refractivity contribution in [3.05, 3.63) is 70.2 Å². The molecule has 5 heteroatoms. The Balaban J connectivity index is 1.83. The van der Waals surface area contributed by atoms with E-state index in [2.05, 4.69) is 44.0 Å². The zero-order chi connectivity index (χ0) is 19.6. The number of carbonyl (C=O) groups excluding carboxylic acids is 1. The van der Waals surface area contributed by atoms with Gasteiger partial charge in [-0.3, -0.25) is 9.69 Å². The lowest BCUT2D eigenvalue weighted by Crippen LogP contribution is -2.23. The lowest BCUT2D eigenvalue weighted by molar-refractivity contribution is -0.115. The van der Waals surface area contributed by atoms with E-state index in [1.807, 2.05) is 36.6 Å². The Hall–Kier alpha value is -2.66. The third kappa shape index (κ3) is 4.19. The van der Waals surface area contributed by atoms with Crippen molar-refractivity contribution in [2.24, 2.45) is 0 Å². The van der Waals surface area contributed by atoms with Crippen LogP contribution in [0.25, 0.3) is 0 Å². The van der Waals surface area contributed by atoms with Gasteiger partial charge in [0.15, 0.2) is 5.13 Å². The standard InChI is InChI=1S/C22H25N3OS/c1-15-9-11-20(12-10-15)25(18(4)26)22-23-19(14-27-22)13-24(5)21-8-6-7-16(2)17(21)3/h6-12,14H,13H2,1-5H3. The Kier molecular flexibility index (Phi) is 5.61. The second-order valence-corrected chi connectivity index (χ2v) is 7.72. The minimum Gasteiger partial charge on any atom is -0.368 e. The molecule has 0 bridgehead atoms. The smallest absolute Gasteiger partial charge is 0.230 e.